The van der Waals surface area contributed by atoms with Crippen LogP contribution in [0.2, 0.25) is 0 Å². The topological polar surface area (TPSA) is 50.4 Å². The average molecular weight is 305 g/mol. The first-order chi connectivity index (χ1) is 9.36. The van der Waals surface area contributed by atoms with Crippen LogP contribution in [0.5, 0.6) is 0 Å². The minimum absolute atomic E-state index is 0. The Morgan fingerprint density at radius 3 is 2.50 bits per heavy atom. The van der Waals surface area contributed by atoms with Crippen molar-refractivity contribution in [2.75, 3.05) is 26.2 Å². The molecule has 0 spiro atoms. The molecular weight excluding hydrogens is 276 g/mol. The van der Waals surface area contributed by atoms with E-state index in [2.05, 4.69) is 10.6 Å². The molecule has 0 atom stereocenters. The monoisotopic (exact) mass is 304 g/mol. The fourth-order valence-corrected chi connectivity index (χ4v) is 2.99. The van der Waals surface area contributed by atoms with Gasteiger partial charge in [-0.15, -0.1) is 12.4 Å². The van der Waals surface area contributed by atoms with Gasteiger partial charge < -0.3 is 15.4 Å². The summed E-state index contributed by atoms with van der Waals surface area (Å²) in [5, 5.41) is 6.33. The van der Waals surface area contributed by atoms with Gasteiger partial charge in [0.1, 0.15) is 0 Å². The van der Waals surface area contributed by atoms with Crippen LogP contribution in [-0.4, -0.2) is 38.3 Å². The molecule has 1 amide bonds. The summed E-state index contributed by atoms with van der Waals surface area (Å²) in [4.78, 5) is 11.9. The van der Waals surface area contributed by atoms with E-state index in [4.69, 9.17) is 4.74 Å². The second-order valence-corrected chi connectivity index (χ2v) is 5.80. The molecule has 0 unspecified atom stereocenters. The van der Waals surface area contributed by atoms with Gasteiger partial charge in [0, 0.05) is 19.1 Å². The highest BCUT2D eigenvalue weighted by atomic mass is 35.5. The molecule has 0 aromatic carbocycles. The van der Waals surface area contributed by atoms with Crippen molar-refractivity contribution in [3.8, 4) is 0 Å². The smallest absolute Gasteiger partial charge is 0.223 e. The lowest BCUT2D eigenvalue weighted by Gasteiger charge is -2.23. The largest absolute Gasteiger partial charge is 0.378 e. The standard InChI is InChI=1S/C15H28N2O2.ClH/c18-15(13-7-10-16-11-8-13)17-9-4-12-19-14-5-2-1-3-6-14;/h13-14,16H,1-12H2,(H,17,18);1H. The van der Waals surface area contributed by atoms with Crippen LogP contribution in [0.3, 0.4) is 0 Å². The Labute approximate surface area is 128 Å². The lowest BCUT2D eigenvalue weighted by atomic mass is 9.97. The molecule has 118 valence electrons. The minimum Gasteiger partial charge on any atom is -0.378 e. The number of hydrogen-bond donors (Lipinski definition) is 2. The Kier molecular flexibility index (Phi) is 9.23. The molecule has 0 radical (unpaired) electrons. The summed E-state index contributed by atoms with van der Waals surface area (Å²) < 4.78 is 5.85. The van der Waals surface area contributed by atoms with Crippen LogP contribution in [0, 0.1) is 5.92 Å². The number of nitrogens with one attached hydrogen (secondary N) is 2. The highest BCUT2D eigenvalue weighted by Crippen LogP contribution is 2.20. The van der Waals surface area contributed by atoms with E-state index in [1.165, 1.54) is 32.1 Å². The van der Waals surface area contributed by atoms with Gasteiger partial charge in [0.25, 0.3) is 0 Å². The van der Waals surface area contributed by atoms with Crippen LogP contribution in [0.4, 0.5) is 0 Å². The van der Waals surface area contributed by atoms with E-state index in [9.17, 15) is 4.79 Å². The molecule has 2 N–H and O–H groups in total. The van der Waals surface area contributed by atoms with E-state index < -0.39 is 0 Å². The van der Waals surface area contributed by atoms with Crippen LogP contribution >= 0.6 is 12.4 Å². The molecule has 20 heavy (non-hydrogen) atoms. The van der Waals surface area contributed by atoms with E-state index in [0.29, 0.717) is 6.10 Å². The number of carbonyl (C=O) groups excluding carboxylic acids is 1. The molecular formula is C15H29ClN2O2. The van der Waals surface area contributed by atoms with Gasteiger partial charge in [-0.05, 0) is 45.2 Å². The van der Waals surface area contributed by atoms with E-state index in [1.54, 1.807) is 0 Å². The fraction of sp³-hybridized carbons (Fsp3) is 0.933. The van der Waals surface area contributed by atoms with Gasteiger partial charge in [-0.25, -0.2) is 0 Å². The Balaban J connectivity index is 0.00000200. The van der Waals surface area contributed by atoms with Crippen LogP contribution in [0.25, 0.3) is 0 Å². The van der Waals surface area contributed by atoms with Crippen LogP contribution in [0.15, 0.2) is 0 Å². The van der Waals surface area contributed by atoms with Crippen molar-refractivity contribution < 1.29 is 9.53 Å². The Morgan fingerprint density at radius 2 is 1.80 bits per heavy atom. The second-order valence-electron chi connectivity index (χ2n) is 5.80. The summed E-state index contributed by atoms with van der Waals surface area (Å²) in [6.45, 7) is 3.50. The van der Waals surface area contributed by atoms with E-state index in [-0.39, 0.29) is 24.2 Å². The van der Waals surface area contributed by atoms with Gasteiger partial charge in [0.2, 0.25) is 5.91 Å². The number of halogens is 1. The van der Waals surface area contributed by atoms with Gasteiger partial charge >= 0.3 is 0 Å². The molecule has 0 bridgehead atoms. The van der Waals surface area contributed by atoms with Crippen LogP contribution in [-0.2, 0) is 9.53 Å². The molecule has 1 saturated heterocycles. The summed E-state index contributed by atoms with van der Waals surface area (Å²) in [6, 6.07) is 0. The van der Waals surface area contributed by atoms with Crippen molar-refractivity contribution >= 4 is 18.3 Å². The first kappa shape index (κ1) is 17.7. The third-order valence-corrected chi connectivity index (χ3v) is 4.24. The summed E-state index contributed by atoms with van der Waals surface area (Å²) >= 11 is 0. The molecule has 1 heterocycles. The predicted molar refractivity (Wildman–Crippen MR) is 83.3 cm³/mol. The minimum atomic E-state index is 0. The maximum atomic E-state index is 11.9. The number of ether oxygens (including phenoxy) is 1. The van der Waals surface area contributed by atoms with Gasteiger partial charge in [-0.2, -0.15) is 0 Å². The quantitative estimate of drug-likeness (QED) is 0.740. The third-order valence-electron chi connectivity index (χ3n) is 4.24. The first-order valence-corrected chi connectivity index (χ1v) is 7.96. The van der Waals surface area contributed by atoms with Gasteiger partial charge in [0.15, 0.2) is 0 Å². The molecule has 0 aromatic rings. The van der Waals surface area contributed by atoms with Gasteiger partial charge in [0.05, 0.1) is 6.10 Å². The fourth-order valence-electron chi connectivity index (χ4n) is 2.99. The van der Waals surface area contributed by atoms with Crippen molar-refractivity contribution in [1.29, 1.82) is 0 Å². The normalized spacial score (nSPS) is 21.2. The van der Waals surface area contributed by atoms with Crippen molar-refractivity contribution in [3.05, 3.63) is 0 Å². The molecule has 1 saturated carbocycles. The molecule has 2 aliphatic rings. The molecule has 4 nitrogen and oxygen atoms in total. The SMILES string of the molecule is Cl.O=C(NCCCOC1CCCCC1)C1CCNCC1. The Hall–Kier alpha value is -0.320. The van der Waals surface area contributed by atoms with Crippen molar-refractivity contribution in [3.63, 3.8) is 0 Å². The van der Waals surface area contributed by atoms with Gasteiger partial charge in [-0.3, -0.25) is 4.79 Å². The van der Waals surface area contributed by atoms with E-state index in [1.807, 2.05) is 0 Å². The molecule has 0 aromatic heterocycles. The number of hydrogen-bond acceptors (Lipinski definition) is 3. The molecule has 5 heteroatoms. The van der Waals surface area contributed by atoms with Crippen molar-refractivity contribution in [2.45, 2.75) is 57.5 Å². The number of piperidine rings is 1. The first-order valence-electron chi connectivity index (χ1n) is 7.96. The number of rotatable bonds is 6. The van der Waals surface area contributed by atoms with E-state index in [0.717, 1.165) is 45.5 Å². The number of amides is 1. The highest BCUT2D eigenvalue weighted by molar-refractivity contribution is 5.85. The average Bonchev–Trinajstić information content (AvgIpc) is 2.49. The second kappa shape index (κ2) is 10.4. The number of carbonyl (C=O) groups is 1. The van der Waals surface area contributed by atoms with Crippen LogP contribution < -0.4 is 10.6 Å². The zero-order valence-electron chi connectivity index (χ0n) is 12.4. The lowest BCUT2D eigenvalue weighted by Crippen LogP contribution is -2.38. The van der Waals surface area contributed by atoms with Gasteiger partial charge in [-0.1, -0.05) is 19.3 Å². The van der Waals surface area contributed by atoms with Crippen molar-refractivity contribution in [2.24, 2.45) is 5.92 Å². The maximum absolute atomic E-state index is 11.9. The molecule has 2 rings (SSSR count). The highest BCUT2D eigenvalue weighted by Gasteiger charge is 2.20. The zero-order valence-corrected chi connectivity index (χ0v) is 13.2. The van der Waals surface area contributed by atoms with Crippen molar-refractivity contribution in [1.82, 2.24) is 10.6 Å². The van der Waals surface area contributed by atoms with Crippen LogP contribution in [0.1, 0.15) is 51.4 Å². The molecule has 2 fully saturated rings. The summed E-state index contributed by atoms with van der Waals surface area (Å²) in [6.07, 6.45) is 9.82. The Bertz CT molecular complexity index is 265. The zero-order chi connectivity index (χ0) is 13.3. The van der Waals surface area contributed by atoms with E-state index >= 15 is 0 Å². The molecule has 1 aliphatic heterocycles. The Morgan fingerprint density at radius 1 is 1.10 bits per heavy atom. The third kappa shape index (κ3) is 6.42. The molecule has 1 aliphatic carbocycles. The predicted octanol–water partition coefficient (Wildman–Crippen LogP) is 2.26. The lowest BCUT2D eigenvalue weighted by molar-refractivity contribution is -0.125. The summed E-state index contributed by atoms with van der Waals surface area (Å²) in [5.74, 6) is 0.458. The summed E-state index contributed by atoms with van der Waals surface area (Å²) in [7, 11) is 0. The maximum Gasteiger partial charge on any atom is 0.223 e. The summed E-state index contributed by atoms with van der Waals surface area (Å²) in [5.41, 5.74) is 0.